The van der Waals surface area contributed by atoms with Gasteiger partial charge in [0.25, 0.3) is 0 Å². The molecule has 8 nitrogen and oxygen atoms in total. The Labute approximate surface area is 169 Å². The maximum Gasteiger partial charge on any atom is 0.186 e. The SMILES string of the molecule is Cc1cc2c(c(C)c1CCO)C(=O)[C@](C)(CO[C@@H]1O[C@H](CO)[C@@H](O)[C@H](O)[C@H]1O)C2. The Balaban J connectivity index is 1.78. The number of aliphatic hydroxyl groups excluding tert-OH is 5. The van der Waals surface area contributed by atoms with Gasteiger partial charge in [-0.25, -0.2) is 0 Å². The highest BCUT2D eigenvalue weighted by Gasteiger charge is 2.47. The summed E-state index contributed by atoms with van der Waals surface area (Å²) in [5.74, 6) is -0.0752. The van der Waals surface area contributed by atoms with Gasteiger partial charge in [0.05, 0.1) is 18.6 Å². The van der Waals surface area contributed by atoms with Crippen LogP contribution < -0.4 is 0 Å². The van der Waals surface area contributed by atoms with Gasteiger partial charge in [0.1, 0.15) is 24.4 Å². The second kappa shape index (κ2) is 8.39. The number of ketones is 1. The number of benzene rings is 1. The Kier molecular flexibility index (Phi) is 6.45. The van der Waals surface area contributed by atoms with Crippen molar-refractivity contribution in [3.8, 4) is 0 Å². The lowest BCUT2D eigenvalue weighted by Gasteiger charge is -2.40. The lowest BCUT2D eigenvalue weighted by molar-refractivity contribution is -0.304. The van der Waals surface area contributed by atoms with Crippen LogP contribution in [0.5, 0.6) is 0 Å². The number of hydrogen-bond donors (Lipinski definition) is 5. The van der Waals surface area contributed by atoms with Gasteiger partial charge in [0.2, 0.25) is 0 Å². The first kappa shape index (κ1) is 22.3. The van der Waals surface area contributed by atoms with E-state index in [1.165, 1.54) is 0 Å². The van der Waals surface area contributed by atoms with Crippen LogP contribution in [0.4, 0.5) is 0 Å². The van der Waals surface area contributed by atoms with Gasteiger partial charge in [-0.15, -0.1) is 0 Å². The van der Waals surface area contributed by atoms with E-state index in [4.69, 9.17) is 9.47 Å². The number of Topliss-reactive ketones (excluding diaryl/α,β-unsaturated/α-hetero) is 1. The first-order valence-electron chi connectivity index (χ1n) is 9.84. The van der Waals surface area contributed by atoms with E-state index in [0.29, 0.717) is 18.4 Å². The molecule has 29 heavy (non-hydrogen) atoms. The average molecular weight is 410 g/mol. The quantitative estimate of drug-likeness (QED) is 0.419. The van der Waals surface area contributed by atoms with Gasteiger partial charge < -0.3 is 35.0 Å². The molecule has 8 heteroatoms. The zero-order valence-corrected chi connectivity index (χ0v) is 17.0. The molecule has 3 rings (SSSR count). The molecule has 162 valence electrons. The van der Waals surface area contributed by atoms with Gasteiger partial charge in [-0.05, 0) is 55.9 Å². The molecule has 0 spiro atoms. The smallest absolute Gasteiger partial charge is 0.186 e. The number of rotatable bonds is 6. The van der Waals surface area contributed by atoms with Gasteiger partial charge in [-0.3, -0.25) is 4.79 Å². The Morgan fingerprint density at radius 1 is 1.17 bits per heavy atom. The third kappa shape index (κ3) is 3.86. The van der Waals surface area contributed by atoms with Crippen LogP contribution in [0.25, 0.3) is 0 Å². The molecule has 1 aliphatic heterocycles. The summed E-state index contributed by atoms with van der Waals surface area (Å²) in [6.45, 7) is 5.03. The van der Waals surface area contributed by atoms with Crippen LogP contribution in [0.1, 0.15) is 39.5 Å². The largest absolute Gasteiger partial charge is 0.396 e. The fourth-order valence-electron chi connectivity index (χ4n) is 4.45. The zero-order valence-electron chi connectivity index (χ0n) is 17.0. The minimum atomic E-state index is -1.53. The number of ether oxygens (including phenoxy) is 2. The van der Waals surface area contributed by atoms with E-state index >= 15 is 0 Å². The van der Waals surface area contributed by atoms with Crippen LogP contribution in [-0.4, -0.2) is 81.8 Å². The molecule has 0 bridgehead atoms. The van der Waals surface area contributed by atoms with Crippen LogP contribution in [-0.2, 0) is 22.3 Å². The minimum absolute atomic E-state index is 0.00610. The van der Waals surface area contributed by atoms with E-state index in [9.17, 15) is 30.3 Å². The van der Waals surface area contributed by atoms with Crippen LogP contribution in [0.2, 0.25) is 0 Å². The van der Waals surface area contributed by atoms with Crippen LogP contribution in [0.15, 0.2) is 6.07 Å². The van der Waals surface area contributed by atoms with Crippen molar-refractivity contribution in [2.75, 3.05) is 19.8 Å². The highest BCUT2D eigenvalue weighted by molar-refractivity contribution is 6.06. The first-order chi connectivity index (χ1) is 13.6. The van der Waals surface area contributed by atoms with E-state index < -0.39 is 42.7 Å². The van der Waals surface area contributed by atoms with Gasteiger partial charge >= 0.3 is 0 Å². The molecular formula is C21H30O8. The fourth-order valence-corrected chi connectivity index (χ4v) is 4.45. The molecule has 0 amide bonds. The highest BCUT2D eigenvalue weighted by Crippen LogP contribution is 2.41. The third-order valence-corrected chi connectivity index (χ3v) is 6.15. The van der Waals surface area contributed by atoms with Crippen LogP contribution >= 0.6 is 0 Å². The molecule has 2 aliphatic rings. The van der Waals surface area contributed by atoms with Crippen LogP contribution in [0, 0.1) is 19.3 Å². The Morgan fingerprint density at radius 3 is 2.48 bits per heavy atom. The van der Waals surface area contributed by atoms with Gasteiger partial charge in [0, 0.05) is 12.2 Å². The molecule has 0 radical (unpaired) electrons. The van der Waals surface area contributed by atoms with E-state index in [-0.39, 0.29) is 19.0 Å². The maximum absolute atomic E-state index is 13.2. The molecular weight excluding hydrogens is 380 g/mol. The summed E-state index contributed by atoms with van der Waals surface area (Å²) >= 11 is 0. The zero-order chi connectivity index (χ0) is 21.5. The first-order valence-corrected chi connectivity index (χ1v) is 9.84. The maximum atomic E-state index is 13.2. The van der Waals surface area contributed by atoms with E-state index in [0.717, 1.165) is 22.3 Å². The molecule has 0 saturated carbocycles. The Bertz CT molecular complexity index is 776. The number of aliphatic hydroxyl groups is 5. The summed E-state index contributed by atoms with van der Waals surface area (Å²) in [5.41, 5.74) is 3.57. The lowest BCUT2D eigenvalue weighted by atomic mass is 9.86. The molecule has 1 aliphatic carbocycles. The molecule has 1 fully saturated rings. The number of hydrogen-bond acceptors (Lipinski definition) is 8. The molecule has 5 N–H and O–H groups in total. The van der Waals surface area contributed by atoms with Gasteiger partial charge in [-0.2, -0.15) is 0 Å². The normalized spacial score (nSPS) is 34.5. The van der Waals surface area contributed by atoms with Crippen molar-refractivity contribution in [1.82, 2.24) is 0 Å². The average Bonchev–Trinajstić information content (AvgIpc) is 2.93. The van der Waals surface area contributed by atoms with Crippen LogP contribution in [0.3, 0.4) is 0 Å². The predicted octanol–water partition coefficient (Wildman–Crippen LogP) is -0.600. The summed E-state index contributed by atoms with van der Waals surface area (Å²) in [6.07, 6.45) is -5.88. The van der Waals surface area contributed by atoms with Crippen molar-refractivity contribution in [3.63, 3.8) is 0 Å². The Morgan fingerprint density at radius 2 is 1.86 bits per heavy atom. The van der Waals surface area contributed by atoms with Gasteiger partial charge in [-0.1, -0.05) is 6.07 Å². The summed E-state index contributed by atoms with van der Waals surface area (Å²) in [4.78, 5) is 13.2. The molecule has 6 atom stereocenters. The van der Waals surface area contributed by atoms with Crippen molar-refractivity contribution in [3.05, 3.63) is 33.9 Å². The highest BCUT2D eigenvalue weighted by atomic mass is 16.7. The Hall–Kier alpha value is -1.39. The second-order valence-corrected chi connectivity index (χ2v) is 8.38. The standard InChI is InChI=1S/C21H30O8/c1-10-6-12-7-21(3,19(27)15(12)11(2)13(10)4-5-22)9-28-20-18(26)17(25)16(24)14(8-23)29-20/h6,14,16-18,20,22-26H,4-5,7-9H2,1-3H3/t14-,16-,17+,18-,20-,21+/m1/s1. The summed E-state index contributed by atoms with van der Waals surface area (Å²) < 4.78 is 11.0. The van der Waals surface area contributed by atoms with Crippen molar-refractivity contribution in [2.24, 2.45) is 5.41 Å². The molecule has 0 aromatic heterocycles. The molecule has 0 unspecified atom stereocenters. The number of carbonyl (C=O) groups excluding carboxylic acids is 1. The predicted molar refractivity (Wildman–Crippen MR) is 103 cm³/mol. The lowest BCUT2D eigenvalue weighted by Crippen LogP contribution is -2.59. The number of aryl methyl sites for hydroxylation is 1. The van der Waals surface area contributed by atoms with E-state index in [1.807, 2.05) is 19.9 Å². The van der Waals surface area contributed by atoms with E-state index in [1.54, 1.807) is 6.92 Å². The topological polar surface area (TPSA) is 137 Å². The monoisotopic (exact) mass is 410 g/mol. The van der Waals surface area contributed by atoms with Crippen molar-refractivity contribution < 1.29 is 39.8 Å². The van der Waals surface area contributed by atoms with Crippen molar-refractivity contribution >= 4 is 5.78 Å². The number of fused-ring (bicyclic) bond motifs is 1. The molecule has 1 heterocycles. The molecule has 1 aromatic carbocycles. The van der Waals surface area contributed by atoms with Crippen molar-refractivity contribution in [2.45, 2.75) is 64.3 Å². The minimum Gasteiger partial charge on any atom is -0.396 e. The second-order valence-electron chi connectivity index (χ2n) is 8.38. The fraction of sp³-hybridized carbons (Fsp3) is 0.667. The molecule has 1 saturated heterocycles. The summed E-state index contributed by atoms with van der Waals surface area (Å²) in [5, 5.41) is 48.5. The van der Waals surface area contributed by atoms with Crippen molar-refractivity contribution in [1.29, 1.82) is 0 Å². The van der Waals surface area contributed by atoms with Gasteiger partial charge in [0.15, 0.2) is 12.1 Å². The summed E-state index contributed by atoms with van der Waals surface area (Å²) in [6, 6.07) is 1.98. The van der Waals surface area contributed by atoms with E-state index in [2.05, 4.69) is 0 Å². The molecule has 1 aromatic rings. The summed E-state index contributed by atoms with van der Waals surface area (Å²) in [7, 11) is 0. The third-order valence-electron chi connectivity index (χ3n) is 6.15. The number of carbonyl (C=O) groups is 1.